The maximum Gasteiger partial charge on any atom is 0.291 e. The molecule has 0 amide bonds. The summed E-state index contributed by atoms with van der Waals surface area (Å²) in [6.45, 7) is 13.3. The van der Waals surface area contributed by atoms with Crippen LogP contribution in [0.1, 0.15) is 20.8 Å². The normalized spacial score (nSPS) is 22.6. The Morgan fingerprint density at radius 3 is 1.11 bits per heavy atom. The molecule has 17 heteroatoms. The van der Waals surface area contributed by atoms with Crippen LogP contribution in [0.25, 0.3) is 0 Å². The number of rotatable bonds is 0. The van der Waals surface area contributed by atoms with Gasteiger partial charge in [-0.1, -0.05) is 0 Å². The van der Waals surface area contributed by atoms with E-state index in [0.717, 1.165) is 16.7 Å². The Hall–Kier alpha value is -3.94. The Labute approximate surface area is 369 Å². The van der Waals surface area contributed by atoms with E-state index in [1.807, 2.05) is 57.2 Å². The number of hydrogen-bond acceptors (Lipinski definition) is 13. The molecule has 1 radical (unpaired) electrons. The molecule has 3 aliphatic carbocycles. The van der Waals surface area contributed by atoms with Gasteiger partial charge in [-0.25, -0.2) is 0 Å². The van der Waals surface area contributed by atoms with Crippen molar-refractivity contribution < 1.29 is 81.0 Å². The van der Waals surface area contributed by atoms with Crippen LogP contribution in [0.2, 0.25) is 0 Å². The van der Waals surface area contributed by atoms with Crippen molar-refractivity contribution in [2.75, 3.05) is 78.5 Å². The SMILES string of the molecule is CC1=CC2=CNCCN3CCNC=C4C=C(C)C=C(C=NCCN(CCN=CC(=C1)C2=O)CCN=CC1=CC(C)=CC(=CNCC3)C1=O)C4=O.O=[N+]([O-])O.[Lu].[Zn]. The van der Waals surface area contributed by atoms with Crippen molar-refractivity contribution in [1.82, 2.24) is 25.8 Å². The zero-order chi connectivity index (χ0) is 38.9. The quantitative estimate of drug-likeness (QED) is 0.158. The first kappa shape index (κ1) is 48.2. The molecule has 0 aromatic rings. The molecule has 0 fully saturated rings. The molecule has 0 aromatic heterocycles. The van der Waals surface area contributed by atoms with Gasteiger partial charge in [-0.15, -0.1) is 10.1 Å². The topological polar surface area (TPSA) is 194 Å². The largest absolute Gasteiger partial charge is 0.389 e. The average Bonchev–Trinajstić information content (AvgIpc) is 3.11. The minimum atomic E-state index is -1.50. The minimum Gasteiger partial charge on any atom is -0.389 e. The smallest absolute Gasteiger partial charge is 0.291 e. The number of fused-ring (bicyclic) bond motifs is 15. The van der Waals surface area contributed by atoms with E-state index < -0.39 is 5.09 Å². The van der Waals surface area contributed by atoms with Gasteiger partial charge in [0.1, 0.15) is 0 Å². The average molecular weight is 980 g/mol. The van der Waals surface area contributed by atoms with Crippen molar-refractivity contribution in [2.24, 2.45) is 15.0 Å². The Morgan fingerprint density at radius 1 is 0.554 bits per heavy atom. The third-order valence-electron chi connectivity index (χ3n) is 8.69. The molecule has 0 unspecified atom stereocenters. The van der Waals surface area contributed by atoms with Crippen LogP contribution in [0.3, 0.4) is 0 Å². The summed E-state index contributed by atoms with van der Waals surface area (Å²) in [4.78, 5) is 66.6. The molecule has 3 heterocycles. The van der Waals surface area contributed by atoms with Crippen molar-refractivity contribution >= 4 is 36.0 Å². The third kappa shape index (κ3) is 16.3. The van der Waals surface area contributed by atoms with Crippen LogP contribution in [-0.2, 0) is 33.9 Å². The fourth-order valence-electron chi connectivity index (χ4n) is 6.07. The maximum absolute atomic E-state index is 13.3. The molecule has 0 atom stereocenters. The number of nitrogens with one attached hydrogen (secondary N) is 3. The van der Waals surface area contributed by atoms with E-state index in [1.165, 1.54) is 0 Å². The molecule has 0 saturated heterocycles. The first-order valence-electron chi connectivity index (χ1n) is 17.9. The van der Waals surface area contributed by atoms with Crippen LogP contribution in [0.4, 0.5) is 0 Å². The molecule has 56 heavy (non-hydrogen) atoms. The van der Waals surface area contributed by atoms with Gasteiger partial charge >= 0.3 is 0 Å². The van der Waals surface area contributed by atoms with Crippen molar-refractivity contribution in [2.45, 2.75) is 20.8 Å². The van der Waals surface area contributed by atoms with E-state index in [-0.39, 0.29) is 73.7 Å². The van der Waals surface area contributed by atoms with Crippen molar-refractivity contribution in [3.8, 4) is 0 Å². The number of carbonyl (C=O) groups excluding carboxylic acids is 3. The van der Waals surface area contributed by atoms with Gasteiger partial charge in [0.25, 0.3) is 5.09 Å². The van der Waals surface area contributed by atoms with Crippen LogP contribution in [-0.4, -0.2) is 135 Å². The summed E-state index contributed by atoms with van der Waals surface area (Å²) in [5.74, 6) is -0.167. The number of aliphatic imine (C=N–C) groups is 3. The summed E-state index contributed by atoms with van der Waals surface area (Å²) in [5, 5.41) is 23.7. The van der Waals surface area contributed by atoms with Gasteiger partial charge in [-0.05, 0) is 73.9 Å². The predicted octanol–water partition coefficient (Wildman–Crippen LogP) is 2.27. The third-order valence-corrected chi connectivity index (χ3v) is 8.69. The number of allylic oxidation sites excluding steroid dienone is 15. The molecule has 6 rings (SSSR count). The van der Waals surface area contributed by atoms with E-state index in [4.69, 9.17) is 15.3 Å². The summed E-state index contributed by atoms with van der Waals surface area (Å²) in [7, 11) is 0. The van der Waals surface area contributed by atoms with Crippen LogP contribution in [0.15, 0.2) is 120 Å². The van der Waals surface area contributed by atoms with Gasteiger partial charge in [-0.2, -0.15) is 0 Å². The van der Waals surface area contributed by atoms with E-state index in [9.17, 15) is 14.4 Å². The van der Waals surface area contributed by atoms with Crippen LogP contribution >= 0.6 is 0 Å². The van der Waals surface area contributed by atoms with Crippen LogP contribution in [0.5, 0.6) is 0 Å². The monoisotopic (exact) mass is 978 g/mol. The molecular formula is C39H49LuN9O6Zn. The number of nitrogens with zero attached hydrogens (tertiary/aromatic N) is 6. The molecule has 15 nitrogen and oxygen atoms in total. The van der Waals surface area contributed by atoms with Crippen molar-refractivity contribution in [1.29, 1.82) is 0 Å². The minimum absolute atomic E-state index is 0. The number of hydrogen-bond donors (Lipinski definition) is 4. The van der Waals surface area contributed by atoms with Gasteiger partial charge in [-0.3, -0.25) is 39.2 Å². The summed E-state index contributed by atoms with van der Waals surface area (Å²) in [6, 6.07) is 0. The molecule has 0 spiro atoms. The standard InChI is InChI=1S/C39H48N8O3.Lu.HNO3.Zn/c1-28-16-31-22-40-4-10-46-12-6-42-24-33-18-29(2)19-34(38(33)49)25-43-7-13-47(11-5-41-23-32(17-28)37(31)48)15-9-45-27-36-21-30(3)20-35(39(36)50)26-44-8-14-46;;2-1(3)4;/h16-27,40,42,44H,4-15H2,1-3H3;;(H,2,3,4);. The Balaban J connectivity index is 0.00000172. The Morgan fingerprint density at radius 2 is 0.821 bits per heavy atom. The molecule has 0 saturated carbocycles. The van der Waals surface area contributed by atoms with E-state index >= 15 is 0 Å². The van der Waals surface area contributed by atoms with Gasteiger partial charge in [0.05, 0.1) is 19.6 Å². The van der Waals surface area contributed by atoms with Crippen LogP contribution < -0.4 is 16.0 Å². The Kier molecular flexibility index (Phi) is 21.8. The summed E-state index contributed by atoms with van der Waals surface area (Å²) >= 11 is 0. The number of Topliss-reactive ketones (excluding diaryl/α,β-unsaturated/α-hetero) is 3. The maximum atomic E-state index is 13.3. The number of ketones is 3. The zero-order valence-corrected chi connectivity index (χ0v) is 36.7. The zero-order valence-electron chi connectivity index (χ0n) is 32.1. The van der Waals surface area contributed by atoms with Gasteiger partial charge in [0, 0.05) is 186 Å². The predicted molar refractivity (Wildman–Crippen MR) is 211 cm³/mol. The van der Waals surface area contributed by atoms with Gasteiger partial charge in [0.2, 0.25) is 0 Å². The second-order valence-electron chi connectivity index (χ2n) is 13.1. The Bertz CT molecular complexity index is 1650. The van der Waals surface area contributed by atoms with Gasteiger partial charge < -0.3 is 21.2 Å². The van der Waals surface area contributed by atoms with E-state index in [1.54, 1.807) is 37.2 Å². The molecule has 3 aliphatic heterocycles. The molecule has 6 aliphatic rings. The second-order valence-corrected chi connectivity index (χ2v) is 13.1. The van der Waals surface area contributed by atoms with Crippen molar-refractivity contribution in [3.05, 3.63) is 115 Å². The van der Waals surface area contributed by atoms with Gasteiger partial charge in [0.15, 0.2) is 17.3 Å². The summed E-state index contributed by atoms with van der Waals surface area (Å²) in [6.07, 6.45) is 21.7. The molecule has 0 aromatic carbocycles. The molecule has 303 valence electrons. The van der Waals surface area contributed by atoms with E-state index in [2.05, 4.69) is 40.7 Å². The van der Waals surface area contributed by atoms with E-state index in [0.29, 0.717) is 112 Å². The first-order chi connectivity index (χ1) is 26.0. The van der Waals surface area contributed by atoms with Crippen molar-refractivity contribution in [3.63, 3.8) is 0 Å². The molecular weight excluding hydrogens is 931 g/mol. The molecule has 8 bridgehead atoms. The second kappa shape index (κ2) is 25.3. The number of carbonyl (C=O) groups is 3. The summed E-state index contributed by atoms with van der Waals surface area (Å²) < 4.78 is 0. The van der Waals surface area contributed by atoms with Crippen LogP contribution in [0, 0.1) is 47.0 Å². The fraction of sp³-hybridized carbons (Fsp3) is 0.385. The first-order valence-corrected chi connectivity index (χ1v) is 17.9. The molecule has 4 N–H and O–H groups in total. The fourth-order valence-corrected chi connectivity index (χ4v) is 6.07. The summed E-state index contributed by atoms with van der Waals surface area (Å²) in [5.41, 5.74) is 6.47.